The molecule has 2 N–H and O–H groups in total. The van der Waals surface area contributed by atoms with E-state index in [0.717, 1.165) is 16.9 Å². The van der Waals surface area contributed by atoms with Crippen molar-refractivity contribution in [2.24, 2.45) is 0 Å². The summed E-state index contributed by atoms with van der Waals surface area (Å²) in [5.74, 6) is 0. The first kappa shape index (κ1) is 14.1. The Balaban J connectivity index is 2.05. The molecule has 0 bridgehead atoms. The van der Waals surface area contributed by atoms with Crippen LogP contribution in [0.2, 0.25) is 10.0 Å². The summed E-state index contributed by atoms with van der Waals surface area (Å²) in [6, 6.07) is 13.1. The lowest BCUT2D eigenvalue weighted by atomic mass is 10.2. The Morgan fingerprint density at radius 1 is 1.05 bits per heavy atom. The van der Waals surface area contributed by atoms with Crippen molar-refractivity contribution < 1.29 is 0 Å². The average molecular weight is 311 g/mol. The number of anilines is 2. The van der Waals surface area contributed by atoms with E-state index in [0.29, 0.717) is 15.2 Å². The van der Waals surface area contributed by atoms with Crippen molar-refractivity contribution in [2.75, 3.05) is 10.6 Å². The van der Waals surface area contributed by atoms with Gasteiger partial charge in [-0.15, -0.1) is 0 Å². The second-order valence-corrected chi connectivity index (χ2v) is 5.32. The van der Waals surface area contributed by atoms with E-state index in [1.54, 1.807) is 12.1 Å². The Bertz CT molecular complexity index is 614. The summed E-state index contributed by atoms with van der Waals surface area (Å²) in [6.07, 6.45) is 0. The second-order valence-electron chi connectivity index (χ2n) is 4.07. The zero-order valence-corrected chi connectivity index (χ0v) is 12.5. The maximum Gasteiger partial charge on any atom is 0.175 e. The minimum atomic E-state index is 0.466. The molecule has 2 aromatic carbocycles. The average Bonchev–Trinajstić information content (AvgIpc) is 2.33. The van der Waals surface area contributed by atoms with Crippen LogP contribution in [0.4, 0.5) is 11.4 Å². The molecule has 0 radical (unpaired) electrons. The van der Waals surface area contributed by atoms with Crippen LogP contribution >= 0.6 is 35.4 Å². The van der Waals surface area contributed by atoms with Crippen LogP contribution in [0.1, 0.15) is 5.56 Å². The van der Waals surface area contributed by atoms with Gasteiger partial charge in [-0.3, -0.25) is 0 Å². The van der Waals surface area contributed by atoms with Gasteiger partial charge in [-0.05, 0) is 55.0 Å². The molecule has 0 fully saturated rings. The Morgan fingerprint density at radius 3 is 2.53 bits per heavy atom. The van der Waals surface area contributed by atoms with Crippen molar-refractivity contribution in [1.29, 1.82) is 0 Å². The molecule has 0 heterocycles. The number of thiocarbonyl (C=S) groups is 1. The molecule has 2 nitrogen and oxygen atoms in total. The monoisotopic (exact) mass is 310 g/mol. The van der Waals surface area contributed by atoms with E-state index in [2.05, 4.69) is 10.6 Å². The largest absolute Gasteiger partial charge is 0.332 e. The van der Waals surface area contributed by atoms with E-state index in [4.69, 9.17) is 35.4 Å². The van der Waals surface area contributed by atoms with E-state index in [1.165, 1.54) is 0 Å². The molecule has 0 aliphatic rings. The Hall–Kier alpha value is -1.29. The molecule has 0 saturated carbocycles. The van der Waals surface area contributed by atoms with Crippen molar-refractivity contribution >= 4 is 51.9 Å². The van der Waals surface area contributed by atoms with Crippen LogP contribution in [0.25, 0.3) is 0 Å². The number of rotatable bonds is 2. The number of halogens is 2. The van der Waals surface area contributed by atoms with Crippen LogP contribution < -0.4 is 10.6 Å². The fraction of sp³-hybridized carbons (Fsp3) is 0.0714. The summed E-state index contributed by atoms with van der Waals surface area (Å²) in [4.78, 5) is 0. The van der Waals surface area contributed by atoms with E-state index < -0.39 is 0 Å². The molecule has 2 rings (SSSR count). The predicted octanol–water partition coefficient (Wildman–Crippen LogP) is 5.11. The first-order valence-electron chi connectivity index (χ1n) is 5.64. The van der Waals surface area contributed by atoms with E-state index >= 15 is 0 Å². The molecular weight excluding hydrogens is 299 g/mol. The standard InChI is InChI=1S/C14H12Cl2N2S/c1-9-5-6-13(12(16)7-9)18-14(19)17-11-4-2-3-10(15)8-11/h2-8H,1H3,(H2,17,18,19). The lowest BCUT2D eigenvalue weighted by molar-refractivity contribution is 1.47. The molecule has 2 aromatic rings. The molecule has 0 spiro atoms. The van der Waals surface area contributed by atoms with Crippen molar-refractivity contribution in [1.82, 2.24) is 0 Å². The number of hydrogen-bond acceptors (Lipinski definition) is 1. The molecule has 0 atom stereocenters. The van der Waals surface area contributed by atoms with Crippen molar-refractivity contribution in [3.05, 3.63) is 58.1 Å². The maximum absolute atomic E-state index is 6.13. The SMILES string of the molecule is Cc1ccc(NC(=S)Nc2cccc(Cl)c2)c(Cl)c1. The summed E-state index contributed by atoms with van der Waals surface area (Å²) in [5, 5.41) is 7.86. The topological polar surface area (TPSA) is 24.1 Å². The third-order valence-electron chi connectivity index (χ3n) is 2.46. The van der Waals surface area contributed by atoms with Gasteiger partial charge in [-0.25, -0.2) is 0 Å². The smallest absolute Gasteiger partial charge is 0.175 e. The highest BCUT2D eigenvalue weighted by atomic mass is 35.5. The van der Waals surface area contributed by atoms with Gasteiger partial charge < -0.3 is 10.6 Å². The fourth-order valence-corrected chi connectivity index (χ4v) is 2.27. The van der Waals surface area contributed by atoms with E-state index in [9.17, 15) is 0 Å². The Labute approximate surface area is 127 Å². The van der Waals surface area contributed by atoms with Gasteiger partial charge in [-0.1, -0.05) is 35.3 Å². The summed E-state index contributed by atoms with van der Waals surface area (Å²) < 4.78 is 0. The molecule has 0 unspecified atom stereocenters. The highest BCUT2D eigenvalue weighted by molar-refractivity contribution is 7.80. The van der Waals surface area contributed by atoms with Gasteiger partial charge in [0.15, 0.2) is 5.11 Å². The number of aryl methyl sites for hydroxylation is 1. The zero-order valence-electron chi connectivity index (χ0n) is 10.2. The molecule has 5 heteroatoms. The van der Waals surface area contributed by atoms with Crippen LogP contribution in [-0.4, -0.2) is 5.11 Å². The molecule has 0 amide bonds. The quantitative estimate of drug-likeness (QED) is 0.754. The predicted molar refractivity (Wildman–Crippen MR) is 87.5 cm³/mol. The first-order valence-corrected chi connectivity index (χ1v) is 6.81. The second kappa shape index (κ2) is 6.24. The zero-order chi connectivity index (χ0) is 13.8. The molecule has 0 aliphatic carbocycles. The van der Waals surface area contributed by atoms with Crippen molar-refractivity contribution in [3.63, 3.8) is 0 Å². The van der Waals surface area contributed by atoms with Gasteiger partial charge >= 0.3 is 0 Å². The minimum absolute atomic E-state index is 0.466. The van der Waals surface area contributed by atoms with Crippen molar-refractivity contribution in [2.45, 2.75) is 6.92 Å². The number of nitrogens with one attached hydrogen (secondary N) is 2. The third-order valence-corrected chi connectivity index (χ3v) is 3.21. The van der Waals surface area contributed by atoms with Gasteiger partial charge in [0.25, 0.3) is 0 Å². The molecule has 0 saturated heterocycles. The highest BCUT2D eigenvalue weighted by Crippen LogP contribution is 2.23. The summed E-state index contributed by atoms with van der Waals surface area (Å²) in [6.45, 7) is 1.98. The molecule has 0 aliphatic heterocycles. The van der Waals surface area contributed by atoms with Gasteiger partial charge in [0.2, 0.25) is 0 Å². The molecular formula is C14H12Cl2N2S. The third kappa shape index (κ3) is 4.10. The summed E-state index contributed by atoms with van der Waals surface area (Å²) in [7, 11) is 0. The highest BCUT2D eigenvalue weighted by Gasteiger charge is 2.03. The summed E-state index contributed by atoms with van der Waals surface area (Å²) in [5.41, 5.74) is 2.70. The van der Waals surface area contributed by atoms with E-state index in [-0.39, 0.29) is 0 Å². The van der Waals surface area contributed by atoms with Gasteiger partial charge in [0.05, 0.1) is 10.7 Å². The van der Waals surface area contributed by atoms with Crippen LogP contribution in [-0.2, 0) is 0 Å². The number of hydrogen-bond donors (Lipinski definition) is 2. The maximum atomic E-state index is 6.13. The van der Waals surface area contributed by atoms with Gasteiger partial charge in [0.1, 0.15) is 0 Å². The Morgan fingerprint density at radius 2 is 1.84 bits per heavy atom. The minimum Gasteiger partial charge on any atom is -0.332 e. The van der Waals surface area contributed by atoms with Gasteiger partial charge in [-0.2, -0.15) is 0 Å². The summed E-state index contributed by atoms with van der Waals surface area (Å²) >= 11 is 17.3. The molecule has 98 valence electrons. The Kier molecular flexibility index (Phi) is 4.64. The first-order chi connectivity index (χ1) is 9.04. The van der Waals surface area contributed by atoms with Gasteiger partial charge in [0, 0.05) is 10.7 Å². The van der Waals surface area contributed by atoms with Crippen LogP contribution in [0.15, 0.2) is 42.5 Å². The van der Waals surface area contributed by atoms with Crippen molar-refractivity contribution in [3.8, 4) is 0 Å². The molecule has 0 aromatic heterocycles. The van der Waals surface area contributed by atoms with E-state index in [1.807, 2.05) is 37.3 Å². The molecule has 19 heavy (non-hydrogen) atoms. The fourth-order valence-electron chi connectivity index (χ4n) is 1.57. The van der Waals surface area contributed by atoms with Crippen LogP contribution in [0, 0.1) is 6.92 Å². The van der Waals surface area contributed by atoms with Crippen LogP contribution in [0.5, 0.6) is 0 Å². The lowest BCUT2D eigenvalue weighted by Gasteiger charge is -2.12. The number of benzene rings is 2. The van der Waals surface area contributed by atoms with Crippen LogP contribution in [0.3, 0.4) is 0 Å². The normalized spacial score (nSPS) is 10.1. The lowest BCUT2D eigenvalue weighted by Crippen LogP contribution is -2.19.